The monoisotopic (exact) mass is 388 g/mol. The number of rotatable bonds is 7. The molecule has 2 aromatic rings. The van der Waals surface area contributed by atoms with E-state index < -0.39 is 0 Å². The van der Waals surface area contributed by atoms with Gasteiger partial charge in [-0.2, -0.15) is 0 Å². The molecule has 2 aromatic carbocycles. The molecule has 21 heavy (non-hydrogen) atoms. The third-order valence-corrected chi connectivity index (χ3v) is 7.33. The fourth-order valence-corrected chi connectivity index (χ4v) is 6.15. The van der Waals surface area contributed by atoms with Crippen LogP contribution >= 0.6 is 0 Å². The van der Waals surface area contributed by atoms with E-state index in [1.54, 1.807) is 8.87 Å². The molecule has 0 N–H and O–H groups in total. The summed E-state index contributed by atoms with van der Waals surface area (Å²) in [5.41, 5.74) is 2.55. The molecule has 112 valence electrons. The Kier molecular flexibility index (Phi) is 11.3. The van der Waals surface area contributed by atoms with Crippen molar-refractivity contribution in [2.75, 3.05) is 0 Å². The Labute approximate surface area is 141 Å². The Morgan fingerprint density at radius 1 is 0.619 bits per heavy atom. The van der Waals surface area contributed by atoms with Crippen LogP contribution in [0.25, 0.3) is 11.1 Å². The summed E-state index contributed by atoms with van der Waals surface area (Å²) in [5, 5.41) is 0. The van der Waals surface area contributed by atoms with E-state index in [2.05, 4.69) is 62.4 Å². The van der Waals surface area contributed by atoms with Gasteiger partial charge in [-0.15, -0.1) is 0 Å². The van der Waals surface area contributed by atoms with E-state index >= 15 is 0 Å². The van der Waals surface area contributed by atoms with Gasteiger partial charge in [0.05, 0.1) is 0 Å². The minimum Gasteiger partial charge on any atom is -0.0622 e. The molecule has 2 rings (SSSR count). The van der Waals surface area contributed by atoms with Crippen molar-refractivity contribution in [2.24, 2.45) is 0 Å². The van der Waals surface area contributed by atoms with Gasteiger partial charge in [-0.1, -0.05) is 60.7 Å². The Hall–Kier alpha value is -0.761. The molecule has 0 saturated carbocycles. The van der Waals surface area contributed by atoms with E-state index in [9.17, 15) is 0 Å². The van der Waals surface area contributed by atoms with Gasteiger partial charge in [0.25, 0.3) is 0 Å². The Morgan fingerprint density at radius 2 is 1.00 bits per heavy atom. The summed E-state index contributed by atoms with van der Waals surface area (Å²) < 4.78 is 3.25. The van der Waals surface area contributed by atoms with Gasteiger partial charge in [0.1, 0.15) is 0 Å². The summed E-state index contributed by atoms with van der Waals surface area (Å²) in [6.07, 6.45) is 5.84. The zero-order valence-corrected chi connectivity index (χ0v) is 16.4. The molecule has 1 heteroatoms. The summed E-state index contributed by atoms with van der Waals surface area (Å²) in [5.74, 6) is 0. The molecule has 2 radical (unpaired) electrons. The van der Waals surface area contributed by atoms with Crippen molar-refractivity contribution < 1.29 is 0 Å². The van der Waals surface area contributed by atoms with Gasteiger partial charge in [-0.05, 0) is 11.1 Å². The standard InChI is InChI=1S/C12H10.2C4H9.Sn/c1-3-7-11(8-4-1)12-9-5-2-6-10-12;2*1-3-4-2;/h1-10H;2*1,3-4H2,2H3;. The van der Waals surface area contributed by atoms with E-state index in [0.29, 0.717) is 0 Å². The van der Waals surface area contributed by atoms with Gasteiger partial charge in [0, 0.05) is 0 Å². The second-order valence-corrected chi connectivity index (χ2v) is 9.47. The fourth-order valence-electron chi connectivity index (χ4n) is 1.99. The first kappa shape index (κ1) is 18.3. The molecule has 0 spiro atoms. The smallest absolute Gasteiger partial charge is 0.0184 e. The van der Waals surface area contributed by atoms with Gasteiger partial charge < -0.3 is 0 Å². The molecule has 0 nitrogen and oxygen atoms in total. The summed E-state index contributed by atoms with van der Waals surface area (Å²) in [7, 11) is 0. The van der Waals surface area contributed by atoms with Gasteiger partial charge in [-0.25, -0.2) is 0 Å². The number of hydrogen-bond donors (Lipinski definition) is 0. The van der Waals surface area contributed by atoms with Crippen LogP contribution in [-0.4, -0.2) is 21.1 Å². The Balaban J connectivity index is 0.000000222. The molecule has 0 aliphatic rings. The van der Waals surface area contributed by atoms with Crippen molar-refractivity contribution >= 4 is 21.1 Å². The van der Waals surface area contributed by atoms with Gasteiger partial charge in [-0.3, -0.25) is 0 Å². The molecule has 0 heterocycles. The Morgan fingerprint density at radius 3 is 1.33 bits per heavy atom. The summed E-state index contributed by atoms with van der Waals surface area (Å²) in [4.78, 5) is 0. The minimum absolute atomic E-state index is 0.149. The van der Waals surface area contributed by atoms with Crippen LogP contribution in [0.3, 0.4) is 0 Å². The van der Waals surface area contributed by atoms with E-state index in [1.165, 1.54) is 36.8 Å². The predicted molar refractivity (Wildman–Crippen MR) is 97.1 cm³/mol. The summed E-state index contributed by atoms with van der Waals surface area (Å²) in [6, 6.07) is 20.8. The molecule has 0 fully saturated rings. The number of hydrogen-bond acceptors (Lipinski definition) is 0. The first-order valence-corrected chi connectivity index (χ1v) is 12.2. The van der Waals surface area contributed by atoms with Gasteiger partial charge >= 0.3 is 69.5 Å². The van der Waals surface area contributed by atoms with E-state index in [1.807, 2.05) is 12.1 Å². The molecule has 0 aliphatic carbocycles. The molecule has 0 aliphatic heterocycles. The second kappa shape index (κ2) is 12.9. The third kappa shape index (κ3) is 8.98. The molecular weight excluding hydrogens is 359 g/mol. The average Bonchev–Trinajstić information content (AvgIpc) is 2.57. The van der Waals surface area contributed by atoms with Gasteiger partial charge in [0.2, 0.25) is 0 Å². The van der Waals surface area contributed by atoms with E-state index in [-0.39, 0.29) is 21.1 Å². The van der Waals surface area contributed by atoms with Crippen LogP contribution in [0.1, 0.15) is 39.5 Å². The van der Waals surface area contributed by atoms with Crippen molar-refractivity contribution in [1.29, 1.82) is 0 Å². The normalized spacial score (nSPS) is 9.81. The van der Waals surface area contributed by atoms with Crippen molar-refractivity contribution in [2.45, 2.75) is 48.4 Å². The molecular formula is C20H28Sn. The maximum absolute atomic E-state index is 2.29. The van der Waals surface area contributed by atoms with Crippen LogP contribution in [0, 0.1) is 0 Å². The second-order valence-electron chi connectivity index (χ2n) is 5.19. The van der Waals surface area contributed by atoms with Crippen LogP contribution in [0.4, 0.5) is 0 Å². The fraction of sp³-hybridized carbons (Fsp3) is 0.400. The number of benzene rings is 2. The van der Waals surface area contributed by atoms with Crippen LogP contribution < -0.4 is 0 Å². The quantitative estimate of drug-likeness (QED) is 0.377. The summed E-state index contributed by atoms with van der Waals surface area (Å²) >= 11 is 0.149. The summed E-state index contributed by atoms with van der Waals surface area (Å²) in [6.45, 7) is 4.58. The van der Waals surface area contributed by atoms with E-state index in [4.69, 9.17) is 0 Å². The largest absolute Gasteiger partial charge is 0.0622 e. The average molecular weight is 387 g/mol. The van der Waals surface area contributed by atoms with Crippen LogP contribution in [0.15, 0.2) is 60.7 Å². The topological polar surface area (TPSA) is 0 Å². The molecule has 0 atom stereocenters. The third-order valence-electron chi connectivity index (χ3n) is 3.30. The SMILES string of the molecule is CCC[CH2][Sn][CH2]CCC.c1ccc(-c2ccccc2)cc1. The van der Waals surface area contributed by atoms with Gasteiger partial charge in [0.15, 0.2) is 0 Å². The zero-order chi connectivity index (χ0) is 15.2. The van der Waals surface area contributed by atoms with Crippen LogP contribution in [0.5, 0.6) is 0 Å². The number of unbranched alkanes of at least 4 members (excludes halogenated alkanes) is 2. The molecule has 0 unspecified atom stereocenters. The maximum Gasteiger partial charge on any atom is -0.0184 e. The minimum atomic E-state index is 0.149. The van der Waals surface area contributed by atoms with Crippen molar-refractivity contribution in [3.05, 3.63) is 60.7 Å². The first-order chi connectivity index (χ1) is 10.4. The van der Waals surface area contributed by atoms with E-state index in [0.717, 1.165) is 0 Å². The van der Waals surface area contributed by atoms with Crippen molar-refractivity contribution in [1.82, 2.24) is 0 Å². The Bertz CT molecular complexity index is 392. The van der Waals surface area contributed by atoms with Crippen LogP contribution in [0.2, 0.25) is 8.87 Å². The maximum atomic E-state index is 2.29. The molecule has 0 aromatic heterocycles. The predicted octanol–water partition coefficient (Wildman–Crippen LogP) is 6.48. The van der Waals surface area contributed by atoms with Crippen molar-refractivity contribution in [3.8, 4) is 11.1 Å². The van der Waals surface area contributed by atoms with Crippen molar-refractivity contribution in [3.63, 3.8) is 0 Å². The zero-order valence-electron chi connectivity index (χ0n) is 13.5. The molecule has 0 saturated heterocycles. The molecule has 0 amide bonds. The van der Waals surface area contributed by atoms with Crippen LogP contribution in [-0.2, 0) is 0 Å². The molecule has 0 bridgehead atoms. The first-order valence-electron chi connectivity index (χ1n) is 8.19.